The second kappa shape index (κ2) is 8.78. The fourth-order valence-corrected chi connectivity index (χ4v) is 2.45. The first-order valence-corrected chi connectivity index (χ1v) is 8.34. The van der Waals surface area contributed by atoms with Gasteiger partial charge >= 0.3 is 12.0 Å². The Hall–Kier alpha value is -2.94. The van der Waals surface area contributed by atoms with Crippen LogP contribution < -0.4 is 16.0 Å². The molecule has 2 aromatic rings. The number of carbonyl (C=O) groups is 3. The molecule has 9 heteroatoms. The van der Waals surface area contributed by atoms with E-state index in [4.69, 9.17) is 4.74 Å². The molecule has 2 rings (SSSR count). The van der Waals surface area contributed by atoms with Crippen molar-refractivity contribution in [2.24, 2.45) is 0 Å². The minimum absolute atomic E-state index is 0.0974. The van der Waals surface area contributed by atoms with Gasteiger partial charge in [0, 0.05) is 19.0 Å². The van der Waals surface area contributed by atoms with Gasteiger partial charge in [0.25, 0.3) is 5.91 Å². The maximum Gasteiger partial charge on any atom is 0.358 e. The van der Waals surface area contributed by atoms with Crippen LogP contribution in [0, 0.1) is 0 Å². The topological polar surface area (TPSA) is 109 Å². The lowest BCUT2D eigenvalue weighted by molar-refractivity contribution is -0.127. The standard InChI is InChI=1S/C16H18N4O4S/c1-10(13(21)20-15(23)17-2)24-14(22)12-9-25-16(19-12)18-8-11-6-4-3-5-7-11/h3-7,9-10H,8H2,1-2H3,(H,18,19)(H2,17,20,21,23)/t10-/m0/s1. The summed E-state index contributed by atoms with van der Waals surface area (Å²) in [6, 6.07) is 9.08. The molecular weight excluding hydrogens is 344 g/mol. The summed E-state index contributed by atoms with van der Waals surface area (Å²) in [5, 5.41) is 9.49. The van der Waals surface area contributed by atoms with Crippen LogP contribution in [0.2, 0.25) is 0 Å². The highest BCUT2D eigenvalue weighted by Crippen LogP contribution is 2.17. The Morgan fingerprint density at radius 2 is 1.96 bits per heavy atom. The van der Waals surface area contributed by atoms with E-state index in [2.05, 4.69) is 15.6 Å². The van der Waals surface area contributed by atoms with Gasteiger partial charge in [0.2, 0.25) is 0 Å². The van der Waals surface area contributed by atoms with Gasteiger partial charge in [-0.15, -0.1) is 11.3 Å². The lowest BCUT2D eigenvalue weighted by Crippen LogP contribution is -2.43. The number of esters is 1. The minimum atomic E-state index is -1.12. The molecule has 0 aliphatic rings. The molecule has 132 valence electrons. The highest BCUT2D eigenvalue weighted by molar-refractivity contribution is 7.13. The van der Waals surface area contributed by atoms with Crippen molar-refractivity contribution in [2.45, 2.75) is 19.6 Å². The second-order valence-corrected chi connectivity index (χ2v) is 5.85. The average Bonchev–Trinajstić information content (AvgIpc) is 3.09. The van der Waals surface area contributed by atoms with Gasteiger partial charge in [0.05, 0.1) is 0 Å². The second-order valence-electron chi connectivity index (χ2n) is 4.99. The van der Waals surface area contributed by atoms with Gasteiger partial charge in [-0.3, -0.25) is 10.1 Å². The summed E-state index contributed by atoms with van der Waals surface area (Å²) in [5.74, 6) is -1.45. The largest absolute Gasteiger partial charge is 0.448 e. The zero-order chi connectivity index (χ0) is 18.2. The summed E-state index contributed by atoms with van der Waals surface area (Å²) in [6.45, 7) is 1.95. The van der Waals surface area contributed by atoms with Crippen LogP contribution in [0.1, 0.15) is 23.0 Å². The number of aromatic nitrogens is 1. The monoisotopic (exact) mass is 362 g/mol. The molecule has 0 saturated heterocycles. The smallest absolute Gasteiger partial charge is 0.358 e. The molecule has 3 N–H and O–H groups in total. The summed E-state index contributed by atoms with van der Waals surface area (Å²) < 4.78 is 5.01. The number of benzene rings is 1. The summed E-state index contributed by atoms with van der Waals surface area (Å²) >= 11 is 1.26. The first-order chi connectivity index (χ1) is 12.0. The number of nitrogens with one attached hydrogen (secondary N) is 3. The van der Waals surface area contributed by atoms with Crippen LogP contribution in [-0.2, 0) is 16.1 Å². The molecule has 0 radical (unpaired) electrons. The third-order valence-electron chi connectivity index (χ3n) is 3.12. The van der Waals surface area contributed by atoms with Gasteiger partial charge in [-0.1, -0.05) is 30.3 Å². The van der Waals surface area contributed by atoms with Crippen LogP contribution in [0.3, 0.4) is 0 Å². The molecule has 0 aliphatic heterocycles. The van der Waals surface area contributed by atoms with Crippen molar-refractivity contribution in [1.29, 1.82) is 0 Å². The number of amides is 3. The van der Waals surface area contributed by atoms with E-state index >= 15 is 0 Å². The lowest BCUT2D eigenvalue weighted by Gasteiger charge is -2.11. The van der Waals surface area contributed by atoms with Crippen LogP contribution in [0.25, 0.3) is 0 Å². The van der Waals surface area contributed by atoms with Crippen LogP contribution in [-0.4, -0.2) is 36.0 Å². The fraction of sp³-hybridized carbons (Fsp3) is 0.250. The predicted octanol–water partition coefficient (Wildman–Crippen LogP) is 1.76. The van der Waals surface area contributed by atoms with E-state index in [1.165, 1.54) is 25.3 Å². The van der Waals surface area contributed by atoms with E-state index in [0.29, 0.717) is 11.7 Å². The number of imide groups is 1. The molecule has 1 heterocycles. The Labute approximate surface area is 148 Å². The maximum absolute atomic E-state index is 12.0. The first kappa shape index (κ1) is 18.4. The van der Waals surface area contributed by atoms with E-state index in [-0.39, 0.29) is 5.69 Å². The molecule has 0 spiro atoms. The van der Waals surface area contributed by atoms with Gasteiger partial charge in [-0.2, -0.15) is 0 Å². The molecule has 8 nitrogen and oxygen atoms in total. The summed E-state index contributed by atoms with van der Waals surface area (Å²) in [6.07, 6.45) is -1.12. The third-order valence-corrected chi connectivity index (χ3v) is 3.92. The Balaban J connectivity index is 1.87. The molecule has 0 bridgehead atoms. The van der Waals surface area contributed by atoms with Gasteiger partial charge in [-0.05, 0) is 12.5 Å². The molecular formula is C16H18N4O4S. The molecule has 1 aromatic heterocycles. The van der Waals surface area contributed by atoms with Gasteiger partial charge < -0.3 is 15.4 Å². The van der Waals surface area contributed by atoms with E-state index in [1.807, 2.05) is 35.6 Å². The van der Waals surface area contributed by atoms with Crippen LogP contribution in [0.4, 0.5) is 9.93 Å². The normalized spacial score (nSPS) is 11.3. The molecule has 3 amide bonds. The van der Waals surface area contributed by atoms with Crippen molar-refractivity contribution < 1.29 is 19.1 Å². The molecule has 1 atom stereocenters. The summed E-state index contributed by atoms with van der Waals surface area (Å²) in [7, 11) is 1.37. The number of urea groups is 1. The van der Waals surface area contributed by atoms with Crippen LogP contribution in [0.5, 0.6) is 0 Å². The number of thiazole rings is 1. The quantitative estimate of drug-likeness (QED) is 0.676. The Kier molecular flexibility index (Phi) is 6.47. The van der Waals surface area contributed by atoms with Crippen LogP contribution >= 0.6 is 11.3 Å². The SMILES string of the molecule is CNC(=O)NC(=O)[C@H](C)OC(=O)c1csc(NCc2ccccc2)n1. The van der Waals surface area contributed by atoms with Crippen molar-refractivity contribution in [3.05, 3.63) is 47.0 Å². The zero-order valence-electron chi connectivity index (χ0n) is 13.7. The molecule has 0 aliphatic carbocycles. The summed E-state index contributed by atoms with van der Waals surface area (Å²) in [4.78, 5) is 38.9. The van der Waals surface area contributed by atoms with Crippen molar-refractivity contribution in [1.82, 2.24) is 15.6 Å². The van der Waals surface area contributed by atoms with Gasteiger partial charge in [0.15, 0.2) is 16.9 Å². The predicted molar refractivity (Wildman–Crippen MR) is 93.4 cm³/mol. The van der Waals surface area contributed by atoms with E-state index < -0.39 is 24.0 Å². The maximum atomic E-state index is 12.0. The molecule has 0 fully saturated rings. The first-order valence-electron chi connectivity index (χ1n) is 7.46. The highest BCUT2D eigenvalue weighted by Gasteiger charge is 2.22. The minimum Gasteiger partial charge on any atom is -0.448 e. The van der Waals surface area contributed by atoms with Gasteiger partial charge in [0.1, 0.15) is 0 Å². The van der Waals surface area contributed by atoms with Crippen LogP contribution in [0.15, 0.2) is 35.7 Å². The Morgan fingerprint density at radius 3 is 2.64 bits per heavy atom. The summed E-state index contributed by atoms with van der Waals surface area (Å²) in [5.41, 5.74) is 1.18. The van der Waals surface area contributed by atoms with Crippen molar-refractivity contribution in [3.63, 3.8) is 0 Å². The lowest BCUT2D eigenvalue weighted by atomic mass is 10.2. The number of hydrogen-bond acceptors (Lipinski definition) is 7. The Bertz CT molecular complexity index is 748. The molecule has 25 heavy (non-hydrogen) atoms. The van der Waals surface area contributed by atoms with E-state index in [1.54, 1.807) is 5.38 Å². The number of nitrogens with zero attached hydrogens (tertiary/aromatic N) is 1. The van der Waals surface area contributed by atoms with E-state index in [9.17, 15) is 14.4 Å². The fourth-order valence-electron chi connectivity index (χ4n) is 1.77. The number of anilines is 1. The van der Waals surface area contributed by atoms with Crippen molar-refractivity contribution in [2.75, 3.05) is 12.4 Å². The highest BCUT2D eigenvalue weighted by atomic mass is 32.1. The third kappa shape index (κ3) is 5.57. The molecule has 0 saturated carbocycles. The Morgan fingerprint density at radius 1 is 1.24 bits per heavy atom. The van der Waals surface area contributed by atoms with Crippen molar-refractivity contribution >= 4 is 34.4 Å². The number of hydrogen-bond donors (Lipinski definition) is 3. The molecule has 0 unspecified atom stereocenters. The number of ether oxygens (including phenoxy) is 1. The zero-order valence-corrected chi connectivity index (χ0v) is 14.6. The van der Waals surface area contributed by atoms with Gasteiger partial charge in [-0.25, -0.2) is 14.6 Å². The number of rotatable bonds is 6. The average molecular weight is 362 g/mol. The van der Waals surface area contributed by atoms with Crippen molar-refractivity contribution in [3.8, 4) is 0 Å². The molecule has 1 aromatic carbocycles. The van der Waals surface area contributed by atoms with E-state index in [0.717, 1.165) is 5.56 Å². The number of carbonyl (C=O) groups excluding carboxylic acids is 3.